The quantitative estimate of drug-likeness (QED) is 0.344. The normalized spacial score (nSPS) is 17.1. The van der Waals surface area contributed by atoms with Crippen molar-refractivity contribution >= 4 is 45.9 Å². The van der Waals surface area contributed by atoms with Gasteiger partial charge in [0.15, 0.2) is 5.96 Å². The van der Waals surface area contributed by atoms with Crippen molar-refractivity contribution in [2.24, 2.45) is 4.99 Å². The lowest BCUT2D eigenvalue weighted by Crippen LogP contribution is -2.44. The standard InChI is InChI=1S/C17H26BrN3O.HI/c1-4-19-16(21-13(2)11-22-3)20-12-17(9-10-17)14-7-5-6-8-15(14)18;/h5-8,13H,4,9-12H2,1-3H3,(H2,19,20,21);1H. The van der Waals surface area contributed by atoms with Gasteiger partial charge in [0.2, 0.25) is 0 Å². The molecule has 1 aliphatic carbocycles. The smallest absolute Gasteiger partial charge is 0.191 e. The number of ether oxygens (including phenoxy) is 1. The first kappa shape index (κ1) is 20.7. The van der Waals surface area contributed by atoms with Gasteiger partial charge >= 0.3 is 0 Å². The predicted octanol–water partition coefficient (Wildman–Crippen LogP) is 3.69. The molecule has 1 aliphatic rings. The summed E-state index contributed by atoms with van der Waals surface area (Å²) in [5, 5.41) is 6.70. The van der Waals surface area contributed by atoms with E-state index in [-0.39, 0.29) is 35.4 Å². The second-order valence-electron chi connectivity index (χ2n) is 5.96. The molecule has 0 bridgehead atoms. The Morgan fingerprint density at radius 3 is 2.65 bits per heavy atom. The number of guanidine groups is 1. The van der Waals surface area contributed by atoms with E-state index in [1.807, 2.05) is 0 Å². The number of nitrogens with one attached hydrogen (secondary N) is 2. The maximum atomic E-state index is 5.17. The summed E-state index contributed by atoms with van der Waals surface area (Å²) >= 11 is 3.67. The van der Waals surface area contributed by atoms with Crippen LogP contribution in [0.4, 0.5) is 0 Å². The summed E-state index contributed by atoms with van der Waals surface area (Å²) < 4.78 is 6.36. The first-order chi connectivity index (χ1) is 10.6. The summed E-state index contributed by atoms with van der Waals surface area (Å²) in [5.41, 5.74) is 1.58. The Balaban J connectivity index is 0.00000264. The van der Waals surface area contributed by atoms with E-state index in [1.54, 1.807) is 7.11 Å². The summed E-state index contributed by atoms with van der Waals surface area (Å²) in [6, 6.07) is 8.73. The highest BCUT2D eigenvalue weighted by Crippen LogP contribution is 2.50. The third-order valence-electron chi connectivity index (χ3n) is 3.98. The molecular formula is C17H27BrIN3O. The van der Waals surface area contributed by atoms with Crippen LogP contribution in [-0.2, 0) is 10.2 Å². The molecule has 2 N–H and O–H groups in total. The van der Waals surface area contributed by atoms with Gasteiger partial charge in [-0.3, -0.25) is 4.99 Å². The number of nitrogens with zero attached hydrogens (tertiary/aromatic N) is 1. The number of rotatable bonds is 7. The highest BCUT2D eigenvalue weighted by molar-refractivity contribution is 14.0. The Morgan fingerprint density at radius 2 is 2.09 bits per heavy atom. The van der Waals surface area contributed by atoms with Crippen LogP contribution < -0.4 is 10.6 Å². The largest absolute Gasteiger partial charge is 0.383 e. The van der Waals surface area contributed by atoms with E-state index >= 15 is 0 Å². The molecule has 0 radical (unpaired) electrons. The topological polar surface area (TPSA) is 45.7 Å². The maximum absolute atomic E-state index is 5.17. The van der Waals surface area contributed by atoms with E-state index < -0.39 is 0 Å². The maximum Gasteiger partial charge on any atom is 0.191 e. The summed E-state index contributed by atoms with van der Waals surface area (Å²) in [6.07, 6.45) is 2.40. The Morgan fingerprint density at radius 1 is 1.39 bits per heavy atom. The molecule has 1 unspecified atom stereocenters. The van der Waals surface area contributed by atoms with Gasteiger partial charge in [0.1, 0.15) is 0 Å². The van der Waals surface area contributed by atoms with Crippen molar-refractivity contribution in [3.8, 4) is 0 Å². The SMILES string of the molecule is CCNC(=NCC1(c2ccccc2Br)CC1)NC(C)COC.I. The van der Waals surface area contributed by atoms with Crippen LogP contribution in [0.5, 0.6) is 0 Å². The minimum atomic E-state index is 0. The van der Waals surface area contributed by atoms with E-state index in [9.17, 15) is 0 Å². The second kappa shape index (κ2) is 9.84. The molecule has 0 aliphatic heterocycles. The second-order valence-corrected chi connectivity index (χ2v) is 6.81. The van der Waals surface area contributed by atoms with E-state index in [0.29, 0.717) is 6.61 Å². The highest BCUT2D eigenvalue weighted by Gasteiger charge is 2.45. The van der Waals surface area contributed by atoms with Crippen LogP contribution in [0.15, 0.2) is 33.7 Å². The van der Waals surface area contributed by atoms with Gasteiger partial charge < -0.3 is 15.4 Å². The van der Waals surface area contributed by atoms with Crippen molar-refractivity contribution in [2.75, 3.05) is 26.8 Å². The van der Waals surface area contributed by atoms with Gasteiger partial charge in [-0.2, -0.15) is 0 Å². The van der Waals surface area contributed by atoms with Crippen molar-refractivity contribution < 1.29 is 4.74 Å². The van der Waals surface area contributed by atoms with Crippen molar-refractivity contribution in [1.82, 2.24) is 10.6 Å². The molecule has 0 aromatic heterocycles. The third kappa shape index (κ3) is 5.90. The molecule has 4 nitrogen and oxygen atoms in total. The van der Waals surface area contributed by atoms with Gasteiger partial charge in [-0.05, 0) is 38.3 Å². The first-order valence-electron chi connectivity index (χ1n) is 7.90. The lowest BCUT2D eigenvalue weighted by Gasteiger charge is -2.19. The van der Waals surface area contributed by atoms with Crippen molar-refractivity contribution in [2.45, 2.75) is 38.1 Å². The molecule has 1 aromatic rings. The predicted molar refractivity (Wildman–Crippen MR) is 111 cm³/mol. The Bertz CT molecular complexity index is 520. The fourth-order valence-electron chi connectivity index (χ4n) is 2.63. The van der Waals surface area contributed by atoms with Crippen LogP contribution in [0.25, 0.3) is 0 Å². The molecule has 0 heterocycles. The fraction of sp³-hybridized carbons (Fsp3) is 0.588. The van der Waals surface area contributed by atoms with Crippen LogP contribution in [0, 0.1) is 0 Å². The first-order valence-corrected chi connectivity index (χ1v) is 8.69. The van der Waals surface area contributed by atoms with Gasteiger partial charge in [-0.1, -0.05) is 34.1 Å². The fourth-order valence-corrected chi connectivity index (χ4v) is 3.34. The monoisotopic (exact) mass is 495 g/mol. The minimum Gasteiger partial charge on any atom is -0.383 e. The molecule has 1 aromatic carbocycles. The number of benzene rings is 1. The van der Waals surface area contributed by atoms with Gasteiger partial charge in [0, 0.05) is 29.6 Å². The Hall–Kier alpha value is -0.340. The molecule has 1 atom stereocenters. The van der Waals surface area contributed by atoms with E-state index in [4.69, 9.17) is 9.73 Å². The summed E-state index contributed by atoms with van der Waals surface area (Å²) in [4.78, 5) is 4.81. The van der Waals surface area contributed by atoms with Gasteiger partial charge in [-0.25, -0.2) is 0 Å². The molecule has 1 saturated carbocycles. The molecule has 2 rings (SSSR count). The number of hydrogen-bond acceptors (Lipinski definition) is 2. The van der Waals surface area contributed by atoms with E-state index in [0.717, 1.165) is 19.0 Å². The zero-order valence-corrected chi connectivity index (χ0v) is 18.0. The van der Waals surface area contributed by atoms with Crippen molar-refractivity contribution in [3.05, 3.63) is 34.3 Å². The van der Waals surface area contributed by atoms with Crippen LogP contribution in [0.3, 0.4) is 0 Å². The van der Waals surface area contributed by atoms with E-state index in [2.05, 4.69) is 64.7 Å². The van der Waals surface area contributed by atoms with E-state index in [1.165, 1.54) is 22.9 Å². The lowest BCUT2D eigenvalue weighted by molar-refractivity contribution is 0.179. The molecule has 1 fully saturated rings. The van der Waals surface area contributed by atoms with Crippen molar-refractivity contribution in [1.29, 1.82) is 0 Å². The van der Waals surface area contributed by atoms with Crippen molar-refractivity contribution in [3.63, 3.8) is 0 Å². The average molecular weight is 496 g/mol. The summed E-state index contributed by atoms with van der Waals surface area (Å²) in [6.45, 7) is 6.51. The van der Waals surface area contributed by atoms with Gasteiger partial charge in [-0.15, -0.1) is 24.0 Å². The molecule has 6 heteroatoms. The molecule has 0 amide bonds. The number of methoxy groups -OCH3 is 1. The van der Waals surface area contributed by atoms with Crippen LogP contribution in [0.2, 0.25) is 0 Å². The average Bonchev–Trinajstić information content (AvgIpc) is 3.27. The van der Waals surface area contributed by atoms with Crippen LogP contribution >= 0.6 is 39.9 Å². The lowest BCUT2D eigenvalue weighted by atomic mass is 9.96. The number of aliphatic imine (C=N–C) groups is 1. The minimum absolute atomic E-state index is 0. The zero-order chi connectivity index (χ0) is 16.0. The molecular weight excluding hydrogens is 469 g/mol. The Kier molecular flexibility index (Phi) is 8.85. The zero-order valence-electron chi connectivity index (χ0n) is 14.1. The summed E-state index contributed by atoms with van der Waals surface area (Å²) in [7, 11) is 1.72. The van der Waals surface area contributed by atoms with Crippen LogP contribution in [-0.4, -0.2) is 38.8 Å². The van der Waals surface area contributed by atoms with Crippen LogP contribution in [0.1, 0.15) is 32.3 Å². The molecule has 130 valence electrons. The third-order valence-corrected chi connectivity index (χ3v) is 4.67. The molecule has 0 spiro atoms. The Labute approximate surface area is 165 Å². The van der Waals surface area contributed by atoms with Gasteiger partial charge in [0.05, 0.1) is 13.2 Å². The number of hydrogen-bond donors (Lipinski definition) is 2. The summed E-state index contributed by atoms with van der Waals surface area (Å²) in [5.74, 6) is 0.866. The molecule has 23 heavy (non-hydrogen) atoms. The number of halogens is 2. The highest BCUT2D eigenvalue weighted by atomic mass is 127. The van der Waals surface area contributed by atoms with Gasteiger partial charge in [0.25, 0.3) is 0 Å². The molecule has 0 saturated heterocycles.